The molecule has 0 radical (unpaired) electrons. The van der Waals surface area contributed by atoms with Crippen LogP contribution in [-0.4, -0.2) is 49.7 Å². The average molecular weight is 446 g/mol. The fourth-order valence-electron chi connectivity index (χ4n) is 4.38. The fourth-order valence-corrected chi connectivity index (χ4v) is 6.39. The minimum atomic E-state index is -3.04. The summed E-state index contributed by atoms with van der Waals surface area (Å²) in [5.74, 6) is 0.472. The molecule has 168 valence electrons. The molecular formula is C23H31N3O4S. The maximum atomic E-state index is 12.8. The highest BCUT2D eigenvalue weighted by Crippen LogP contribution is 2.40. The number of hydrogen-bond donors (Lipinski definition) is 2. The van der Waals surface area contributed by atoms with Gasteiger partial charge in [-0.3, -0.25) is 9.79 Å². The summed E-state index contributed by atoms with van der Waals surface area (Å²) in [4.78, 5) is 17.5. The Morgan fingerprint density at radius 2 is 2.00 bits per heavy atom. The lowest BCUT2D eigenvalue weighted by molar-refractivity contribution is -0.128. The van der Waals surface area contributed by atoms with Crippen molar-refractivity contribution in [2.75, 3.05) is 18.1 Å². The van der Waals surface area contributed by atoms with E-state index in [2.05, 4.69) is 17.4 Å². The topological polar surface area (TPSA) is 111 Å². The highest BCUT2D eigenvalue weighted by molar-refractivity contribution is 7.93. The number of carbonyl (C=O) groups is 1. The number of carbonyl (C=O) groups excluding carboxylic acids is 1. The van der Waals surface area contributed by atoms with Gasteiger partial charge in [0.15, 0.2) is 15.6 Å². The zero-order valence-corrected chi connectivity index (χ0v) is 19.2. The molecule has 3 fully saturated rings. The third-order valence-corrected chi connectivity index (χ3v) is 8.06. The number of nitrogens with one attached hydrogen (secondary N) is 1. The first-order chi connectivity index (χ1) is 14.6. The van der Waals surface area contributed by atoms with Crippen LogP contribution in [0.5, 0.6) is 0 Å². The molecule has 0 bridgehead atoms. The van der Waals surface area contributed by atoms with Gasteiger partial charge in [-0.25, -0.2) is 8.42 Å². The lowest BCUT2D eigenvalue weighted by Crippen LogP contribution is -2.64. The molecule has 2 saturated heterocycles. The number of benzene rings is 1. The monoisotopic (exact) mass is 445 g/mol. The van der Waals surface area contributed by atoms with Crippen LogP contribution >= 0.6 is 0 Å². The third kappa shape index (κ3) is 4.95. The van der Waals surface area contributed by atoms with Crippen molar-refractivity contribution in [2.45, 2.75) is 57.5 Å². The predicted octanol–water partition coefficient (Wildman–Crippen LogP) is 2.38. The number of allylic oxidation sites excluding steroid dienone is 1. The number of amides is 1. The van der Waals surface area contributed by atoms with Gasteiger partial charge in [-0.2, -0.15) is 0 Å². The Bertz CT molecular complexity index is 1040. The van der Waals surface area contributed by atoms with E-state index in [4.69, 9.17) is 15.5 Å². The zero-order chi connectivity index (χ0) is 22.4. The van der Waals surface area contributed by atoms with Gasteiger partial charge in [0.25, 0.3) is 0 Å². The van der Waals surface area contributed by atoms with Crippen LogP contribution in [0.4, 0.5) is 0 Å². The Kier molecular flexibility index (Phi) is 5.62. The fraction of sp³-hybridized carbons (Fsp3) is 0.565. The molecule has 2 aliphatic heterocycles. The van der Waals surface area contributed by atoms with Crippen LogP contribution in [0.1, 0.15) is 57.1 Å². The molecule has 7 nitrogen and oxygen atoms in total. The Labute approximate surface area is 184 Å². The van der Waals surface area contributed by atoms with Crippen molar-refractivity contribution in [2.24, 2.45) is 16.6 Å². The van der Waals surface area contributed by atoms with Gasteiger partial charge in [0, 0.05) is 18.0 Å². The van der Waals surface area contributed by atoms with Crippen molar-refractivity contribution in [3.8, 4) is 0 Å². The highest BCUT2D eigenvalue weighted by atomic mass is 32.2. The minimum Gasteiger partial charge on any atom is -0.489 e. The molecule has 0 spiro atoms. The summed E-state index contributed by atoms with van der Waals surface area (Å²) in [6, 6.07) is 8.26. The van der Waals surface area contributed by atoms with Gasteiger partial charge in [0.05, 0.1) is 34.4 Å². The minimum absolute atomic E-state index is 0.0234. The van der Waals surface area contributed by atoms with Crippen molar-refractivity contribution in [1.82, 2.24) is 5.32 Å². The molecule has 1 aliphatic carbocycles. The summed E-state index contributed by atoms with van der Waals surface area (Å²) in [5, 5.41) is 2.89. The van der Waals surface area contributed by atoms with E-state index in [0.717, 1.165) is 5.56 Å². The molecule has 1 saturated carbocycles. The maximum Gasteiger partial charge on any atom is 0.227 e. The number of rotatable bonds is 5. The number of ether oxygens (including phenoxy) is 1. The van der Waals surface area contributed by atoms with E-state index in [-0.39, 0.29) is 30.1 Å². The molecule has 8 heteroatoms. The van der Waals surface area contributed by atoms with E-state index in [9.17, 15) is 13.2 Å². The van der Waals surface area contributed by atoms with Gasteiger partial charge in [-0.05, 0) is 51.2 Å². The van der Waals surface area contributed by atoms with Crippen molar-refractivity contribution in [1.29, 1.82) is 0 Å². The largest absolute Gasteiger partial charge is 0.489 e. The van der Waals surface area contributed by atoms with Crippen molar-refractivity contribution >= 4 is 27.2 Å². The molecule has 3 aliphatic rings. The second kappa shape index (κ2) is 7.97. The second-order valence-electron chi connectivity index (χ2n) is 9.61. The Hall–Kier alpha value is -2.35. The van der Waals surface area contributed by atoms with Crippen molar-refractivity contribution in [3.05, 3.63) is 41.2 Å². The van der Waals surface area contributed by atoms with E-state index in [0.29, 0.717) is 29.5 Å². The standard InChI is InChI=1S/C23H31N3O4S/c1-14(2)25-19-10-18(22(27)26-23(3)12-31(28,29)13-23)11-30-21(19)20(24)17-6-4-5-16(9-17)15-7-8-15/h4-6,9,14-15,18H,7-8,10-13,24H2,1-3H3,(H,26,27)/b21-20+,25-19?/t18-/m0/s1. The molecule has 0 unspecified atom stereocenters. The molecule has 4 rings (SSSR count). The van der Waals surface area contributed by atoms with Crippen LogP contribution in [0.2, 0.25) is 0 Å². The van der Waals surface area contributed by atoms with Gasteiger partial charge in [0.1, 0.15) is 6.61 Å². The molecule has 3 N–H and O–H groups in total. The number of sulfone groups is 1. The first-order valence-electron chi connectivity index (χ1n) is 10.9. The van der Waals surface area contributed by atoms with Crippen LogP contribution in [0.3, 0.4) is 0 Å². The summed E-state index contributed by atoms with van der Waals surface area (Å²) < 4.78 is 29.1. The Balaban J connectivity index is 1.54. The molecule has 1 atom stereocenters. The summed E-state index contributed by atoms with van der Waals surface area (Å²) in [6.45, 7) is 5.88. The predicted molar refractivity (Wildman–Crippen MR) is 121 cm³/mol. The van der Waals surface area contributed by atoms with E-state index in [1.165, 1.54) is 18.4 Å². The average Bonchev–Trinajstić information content (AvgIpc) is 3.50. The summed E-state index contributed by atoms with van der Waals surface area (Å²) in [5.41, 5.74) is 9.23. The summed E-state index contributed by atoms with van der Waals surface area (Å²) in [7, 11) is -3.04. The van der Waals surface area contributed by atoms with Crippen LogP contribution in [0.25, 0.3) is 5.70 Å². The second-order valence-corrected chi connectivity index (χ2v) is 11.7. The van der Waals surface area contributed by atoms with Crippen molar-refractivity contribution < 1.29 is 17.9 Å². The Morgan fingerprint density at radius 1 is 1.29 bits per heavy atom. The zero-order valence-electron chi connectivity index (χ0n) is 18.3. The van der Waals surface area contributed by atoms with Gasteiger partial charge in [-0.15, -0.1) is 0 Å². The quantitative estimate of drug-likeness (QED) is 0.723. The highest BCUT2D eigenvalue weighted by Gasteiger charge is 2.47. The number of nitrogens with two attached hydrogens (primary N) is 1. The molecule has 31 heavy (non-hydrogen) atoms. The van der Waals surface area contributed by atoms with Crippen molar-refractivity contribution in [3.63, 3.8) is 0 Å². The van der Waals surface area contributed by atoms with E-state index in [1.54, 1.807) is 6.92 Å². The van der Waals surface area contributed by atoms with E-state index in [1.807, 2.05) is 26.0 Å². The normalized spacial score (nSPS) is 27.4. The molecular weight excluding hydrogens is 414 g/mol. The van der Waals surface area contributed by atoms with Gasteiger partial charge >= 0.3 is 0 Å². The number of aliphatic imine (C=N–C) groups is 1. The van der Waals surface area contributed by atoms with Gasteiger partial charge in [0.2, 0.25) is 5.91 Å². The lowest BCUT2D eigenvalue weighted by Gasteiger charge is -2.39. The number of nitrogens with zero attached hydrogens (tertiary/aromatic N) is 1. The molecule has 1 aromatic carbocycles. The van der Waals surface area contributed by atoms with E-state index < -0.39 is 21.3 Å². The van der Waals surface area contributed by atoms with Crippen LogP contribution in [0.15, 0.2) is 35.0 Å². The maximum absolute atomic E-state index is 12.8. The molecule has 1 aromatic rings. The molecule has 2 heterocycles. The lowest BCUT2D eigenvalue weighted by atomic mass is 9.94. The van der Waals surface area contributed by atoms with Gasteiger partial charge in [-0.1, -0.05) is 18.2 Å². The van der Waals surface area contributed by atoms with Crippen LogP contribution in [0, 0.1) is 5.92 Å². The van der Waals surface area contributed by atoms with Gasteiger partial charge < -0.3 is 15.8 Å². The van der Waals surface area contributed by atoms with Crippen LogP contribution < -0.4 is 11.1 Å². The molecule has 1 amide bonds. The Morgan fingerprint density at radius 3 is 2.61 bits per heavy atom. The third-order valence-electron chi connectivity index (χ3n) is 5.91. The number of hydrogen-bond acceptors (Lipinski definition) is 6. The molecule has 0 aromatic heterocycles. The smallest absolute Gasteiger partial charge is 0.227 e. The SMILES string of the molecule is CC(C)N=C1C[C@H](C(=O)NC2(C)CS(=O)(=O)C2)CO/C1=C(/N)c1cccc(C2CC2)c1. The first kappa shape index (κ1) is 21.9. The van der Waals surface area contributed by atoms with E-state index >= 15 is 0 Å². The first-order valence-corrected chi connectivity index (χ1v) is 12.7. The van der Waals surface area contributed by atoms with Crippen LogP contribution in [-0.2, 0) is 19.4 Å². The summed E-state index contributed by atoms with van der Waals surface area (Å²) >= 11 is 0. The summed E-state index contributed by atoms with van der Waals surface area (Å²) in [6.07, 6.45) is 2.84.